The lowest BCUT2D eigenvalue weighted by Gasteiger charge is -2.13. The van der Waals surface area contributed by atoms with Crippen molar-refractivity contribution in [3.05, 3.63) is 59.3 Å². The van der Waals surface area contributed by atoms with Crippen molar-refractivity contribution in [1.29, 1.82) is 0 Å². The van der Waals surface area contributed by atoms with Gasteiger partial charge < -0.3 is 4.42 Å². The van der Waals surface area contributed by atoms with Gasteiger partial charge in [-0.25, -0.2) is 0 Å². The number of hydrazone groups is 1. The van der Waals surface area contributed by atoms with Gasteiger partial charge in [0, 0.05) is 10.6 Å². The Hall–Kier alpha value is -2.66. The fourth-order valence-electron chi connectivity index (χ4n) is 4.31. The molecule has 1 aliphatic heterocycles. The third kappa shape index (κ3) is 2.27. The molecule has 1 aromatic carbocycles. The highest BCUT2D eigenvalue weighted by Gasteiger charge is 2.59. The highest BCUT2D eigenvalue weighted by Crippen LogP contribution is 2.52. The lowest BCUT2D eigenvalue weighted by molar-refractivity contribution is -0.140. The summed E-state index contributed by atoms with van der Waals surface area (Å²) in [4.78, 5) is 25.2. The molecule has 0 radical (unpaired) electrons. The molecular formula is C20H15ClN2O3. The van der Waals surface area contributed by atoms with Gasteiger partial charge in [-0.15, -0.1) is 0 Å². The number of imide groups is 1. The highest BCUT2D eigenvalue weighted by atomic mass is 35.5. The number of amides is 2. The zero-order valence-corrected chi connectivity index (χ0v) is 14.5. The Morgan fingerprint density at radius 1 is 1.00 bits per heavy atom. The van der Waals surface area contributed by atoms with Gasteiger partial charge in [0.15, 0.2) is 0 Å². The van der Waals surface area contributed by atoms with E-state index in [1.165, 1.54) is 6.21 Å². The summed E-state index contributed by atoms with van der Waals surface area (Å²) in [6, 6.07) is 10.9. The number of fused-ring (bicyclic) bond motifs is 5. The molecule has 1 saturated carbocycles. The summed E-state index contributed by atoms with van der Waals surface area (Å²) < 4.78 is 5.73. The average molecular weight is 367 g/mol. The molecule has 5 rings (SSSR count). The number of rotatable bonds is 3. The van der Waals surface area contributed by atoms with E-state index in [-0.39, 0.29) is 35.5 Å². The molecular weight excluding hydrogens is 352 g/mol. The van der Waals surface area contributed by atoms with Crippen molar-refractivity contribution in [2.75, 3.05) is 0 Å². The van der Waals surface area contributed by atoms with Gasteiger partial charge in [0.2, 0.25) is 0 Å². The van der Waals surface area contributed by atoms with Crippen molar-refractivity contribution in [3.63, 3.8) is 0 Å². The molecule has 2 bridgehead atoms. The molecule has 2 aromatic rings. The van der Waals surface area contributed by atoms with Crippen LogP contribution in [0.2, 0.25) is 5.02 Å². The second-order valence-electron chi connectivity index (χ2n) is 6.94. The van der Waals surface area contributed by atoms with Gasteiger partial charge in [0.1, 0.15) is 11.5 Å². The van der Waals surface area contributed by atoms with Crippen molar-refractivity contribution >= 4 is 29.6 Å². The zero-order valence-electron chi connectivity index (χ0n) is 13.7. The number of carbonyl (C=O) groups is 2. The SMILES string of the molecule is O=C1[C@@H]2[C@H](C(=O)N1N=Cc1ccc(-c3ccc(Cl)cc3)o1)[C@H]1C=C[C@H]2C1. The minimum absolute atomic E-state index is 0.182. The molecule has 2 amide bonds. The number of carbonyl (C=O) groups excluding carboxylic acids is 2. The summed E-state index contributed by atoms with van der Waals surface area (Å²) in [5.41, 5.74) is 0.888. The van der Waals surface area contributed by atoms with E-state index >= 15 is 0 Å². The van der Waals surface area contributed by atoms with E-state index in [0.717, 1.165) is 17.0 Å². The molecule has 1 saturated heterocycles. The number of furan rings is 1. The van der Waals surface area contributed by atoms with E-state index in [4.69, 9.17) is 16.0 Å². The standard InChI is InChI=1S/C20H15ClN2O3/c21-14-5-3-11(4-6-14)16-8-7-15(26-16)10-22-23-19(24)17-12-1-2-13(9-12)18(17)20(23)25/h1-8,10,12-13,17-18H,9H2/t12-,13-,17-,18+/m0/s1. The van der Waals surface area contributed by atoms with Gasteiger partial charge in [0.25, 0.3) is 11.8 Å². The molecule has 2 aliphatic carbocycles. The Kier molecular flexibility index (Phi) is 3.40. The monoisotopic (exact) mass is 366 g/mol. The topological polar surface area (TPSA) is 62.9 Å². The smallest absolute Gasteiger partial charge is 0.254 e. The van der Waals surface area contributed by atoms with E-state index < -0.39 is 0 Å². The van der Waals surface area contributed by atoms with Crippen LogP contribution >= 0.6 is 11.6 Å². The molecule has 2 heterocycles. The number of hydrogen-bond donors (Lipinski definition) is 0. The number of allylic oxidation sites excluding steroid dienone is 2. The van der Waals surface area contributed by atoms with Gasteiger partial charge >= 0.3 is 0 Å². The number of benzene rings is 1. The molecule has 26 heavy (non-hydrogen) atoms. The summed E-state index contributed by atoms with van der Waals surface area (Å²) in [6.07, 6.45) is 6.46. The number of hydrogen-bond acceptors (Lipinski definition) is 4. The first kappa shape index (κ1) is 15.6. The Labute approximate surface area is 154 Å². The van der Waals surface area contributed by atoms with Crippen LogP contribution in [0.15, 0.2) is 58.1 Å². The Bertz CT molecular complexity index is 930. The quantitative estimate of drug-likeness (QED) is 0.472. The van der Waals surface area contributed by atoms with E-state index in [1.807, 2.05) is 18.2 Å². The van der Waals surface area contributed by atoms with Gasteiger partial charge in [-0.1, -0.05) is 23.8 Å². The maximum absolute atomic E-state index is 12.6. The van der Waals surface area contributed by atoms with Crippen LogP contribution in [-0.2, 0) is 9.59 Å². The predicted octanol–water partition coefficient (Wildman–Crippen LogP) is 3.74. The Balaban J connectivity index is 1.36. The second kappa shape index (κ2) is 5.68. The molecule has 0 spiro atoms. The van der Waals surface area contributed by atoms with Crippen molar-refractivity contribution in [1.82, 2.24) is 5.01 Å². The summed E-state index contributed by atoms with van der Waals surface area (Å²) in [5.74, 6) is 0.639. The van der Waals surface area contributed by atoms with Crippen LogP contribution in [0.25, 0.3) is 11.3 Å². The van der Waals surface area contributed by atoms with Crippen LogP contribution < -0.4 is 0 Å². The summed E-state index contributed by atoms with van der Waals surface area (Å²) >= 11 is 5.89. The van der Waals surface area contributed by atoms with Gasteiger partial charge in [-0.3, -0.25) is 9.59 Å². The van der Waals surface area contributed by atoms with Crippen molar-refractivity contribution < 1.29 is 14.0 Å². The highest BCUT2D eigenvalue weighted by molar-refractivity contribution is 6.30. The maximum Gasteiger partial charge on any atom is 0.254 e. The Morgan fingerprint density at radius 2 is 1.65 bits per heavy atom. The summed E-state index contributed by atoms with van der Waals surface area (Å²) in [5, 5.41) is 5.80. The normalized spacial score (nSPS) is 29.3. The molecule has 130 valence electrons. The first-order chi connectivity index (χ1) is 12.6. The maximum atomic E-state index is 12.6. The van der Waals surface area contributed by atoms with E-state index in [9.17, 15) is 9.59 Å². The fourth-order valence-corrected chi connectivity index (χ4v) is 4.43. The third-order valence-corrected chi connectivity index (χ3v) is 5.76. The molecule has 1 aromatic heterocycles. The average Bonchev–Trinajstić information content (AvgIpc) is 3.40. The molecule has 0 N–H and O–H groups in total. The number of halogens is 1. The molecule has 4 atom stereocenters. The predicted molar refractivity (Wildman–Crippen MR) is 96.3 cm³/mol. The zero-order chi connectivity index (χ0) is 17.8. The van der Waals surface area contributed by atoms with Crippen LogP contribution in [0.3, 0.4) is 0 Å². The van der Waals surface area contributed by atoms with Gasteiger partial charge in [-0.2, -0.15) is 10.1 Å². The van der Waals surface area contributed by atoms with Crippen LogP contribution in [0.4, 0.5) is 0 Å². The minimum atomic E-state index is -0.240. The fraction of sp³-hybridized carbons (Fsp3) is 0.250. The van der Waals surface area contributed by atoms with Gasteiger partial charge in [0.05, 0.1) is 18.1 Å². The third-order valence-electron chi connectivity index (χ3n) is 5.50. The van der Waals surface area contributed by atoms with E-state index in [0.29, 0.717) is 16.5 Å². The number of nitrogens with zero attached hydrogens (tertiary/aromatic N) is 2. The van der Waals surface area contributed by atoms with Crippen LogP contribution in [-0.4, -0.2) is 23.0 Å². The van der Waals surface area contributed by atoms with E-state index in [2.05, 4.69) is 17.3 Å². The second-order valence-corrected chi connectivity index (χ2v) is 7.38. The lowest BCUT2D eigenvalue weighted by atomic mass is 9.85. The first-order valence-corrected chi connectivity index (χ1v) is 8.95. The van der Waals surface area contributed by atoms with Crippen LogP contribution in [0.5, 0.6) is 0 Å². The molecule has 6 heteroatoms. The minimum Gasteiger partial charge on any atom is -0.455 e. The first-order valence-electron chi connectivity index (χ1n) is 8.58. The van der Waals surface area contributed by atoms with Crippen molar-refractivity contribution in [2.45, 2.75) is 6.42 Å². The van der Waals surface area contributed by atoms with Gasteiger partial charge in [-0.05, 0) is 54.7 Å². The van der Waals surface area contributed by atoms with Crippen molar-refractivity contribution in [3.8, 4) is 11.3 Å². The Morgan fingerprint density at radius 3 is 2.31 bits per heavy atom. The molecule has 5 nitrogen and oxygen atoms in total. The lowest BCUT2D eigenvalue weighted by Crippen LogP contribution is -2.28. The van der Waals surface area contributed by atoms with Crippen molar-refractivity contribution in [2.24, 2.45) is 28.8 Å². The summed E-state index contributed by atoms with van der Waals surface area (Å²) in [6.45, 7) is 0. The van der Waals surface area contributed by atoms with E-state index in [1.54, 1.807) is 18.2 Å². The van der Waals surface area contributed by atoms with Crippen LogP contribution in [0, 0.1) is 23.7 Å². The largest absolute Gasteiger partial charge is 0.455 e. The molecule has 3 aliphatic rings. The molecule has 0 unspecified atom stereocenters. The van der Waals surface area contributed by atoms with Crippen LogP contribution in [0.1, 0.15) is 12.2 Å². The summed E-state index contributed by atoms with van der Waals surface area (Å²) in [7, 11) is 0. The molecule has 2 fully saturated rings.